The second-order valence-electron chi connectivity index (χ2n) is 26.9. The number of aromatic amines is 1. The number of nitrogens with one attached hydrogen (secondary N) is 8. The van der Waals surface area contributed by atoms with Gasteiger partial charge in [-0.3, -0.25) is 57.7 Å². The van der Waals surface area contributed by atoms with Crippen LogP contribution in [0.1, 0.15) is 73.4 Å². The molecule has 638 valence electrons. The standard InChI is InChI=1S/C68H111N15O27S3/c1-4-79-21-23-80(25-26-82(44-59(89)90)28-27-81(24-22-79)43-58(87)88)42-57(86)77-51(11-13-56(85)70-19-32-109-67-61(92)63(113(102,103)104)60(91)54(110-67)45-111(97,98)99)65(94)71-16-8-30-106-34-36-107-35-33-105-29-7-15-69-55(84)9-5-31-108-50-37-46(2)62(47(3)38-50)112(100,101)78-52(66(95)96)41-75-64(93)48-10-12-53-49(39-48)40-76-83(53)20-6-14-72-68-73-17-18-74-68/h10,12,17-18,37-40,51-52,54,60-61,63,67,78,91-92,97-99,102-104H,4-9,11,13-16,19-36,41-45H2,1-3H3,(H,69,84)(H,70,85)(H,71,94)(H,75,93)(H,77,86)(H,87,88)(H,89,90)(H,95,96)(H2,72,73,74)/t51-,52+,54?,60?,61?,63?,67?/m1/s1. The quantitative estimate of drug-likeness (QED) is 0.0244. The van der Waals surface area contributed by atoms with Crippen molar-refractivity contribution in [2.24, 2.45) is 0 Å². The third kappa shape index (κ3) is 34.4. The highest BCUT2D eigenvalue weighted by Gasteiger charge is 2.53. The van der Waals surface area contributed by atoms with Crippen molar-refractivity contribution in [2.75, 3.05) is 175 Å². The Labute approximate surface area is 657 Å². The van der Waals surface area contributed by atoms with Crippen molar-refractivity contribution in [3.05, 3.63) is 65.6 Å². The van der Waals surface area contributed by atoms with Gasteiger partial charge in [0.2, 0.25) is 33.7 Å². The van der Waals surface area contributed by atoms with Crippen molar-refractivity contribution in [3.63, 3.8) is 0 Å². The highest BCUT2D eigenvalue weighted by atomic mass is 32.3. The summed E-state index contributed by atoms with van der Waals surface area (Å²) in [6.45, 7) is 9.53. The van der Waals surface area contributed by atoms with Crippen LogP contribution in [0.25, 0.3) is 10.9 Å². The summed E-state index contributed by atoms with van der Waals surface area (Å²) in [4.78, 5) is 117. The van der Waals surface area contributed by atoms with Crippen molar-refractivity contribution < 1.29 is 128 Å². The molecule has 0 bridgehead atoms. The first-order valence-corrected chi connectivity index (χ1v) is 41.7. The van der Waals surface area contributed by atoms with Crippen LogP contribution >= 0.6 is 21.7 Å². The lowest BCUT2D eigenvalue weighted by Crippen LogP contribution is -2.60. The lowest BCUT2D eigenvalue weighted by atomic mass is 10.0. The van der Waals surface area contributed by atoms with Crippen molar-refractivity contribution in [1.82, 2.24) is 70.7 Å². The van der Waals surface area contributed by atoms with Gasteiger partial charge in [0.05, 0.1) is 103 Å². The van der Waals surface area contributed by atoms with Crippen LogP contribution in [0.5, 0.6) is 5.75 Å². The maximum absolute atomic E-state index is 13.9. The average molecular weight is 1670 g/mol. The van der Waals surface area contributed by atoms with E-state index >= 15 is 0 Å². The van der Waals surface area contributed by atoms with Gasteiger partial charge in [0, 0.05) is 141 Å². The van der Waals surface area contributed by atoms with Crippen molar-refractivity contribution in [1.29, 1.82) is 0 Å². The molecule has 4 aromatic rings. The van der Waals surface area contributed by atoms with Crippen LogP contribution < -0.4 is 41.4 Å². The zero-order valence-corrected chi connectivity index (χ0v) is 66.0. The average Bonchev–Trinajstić information content (AvgIpc) is 1.23. The maximum Gasteiger partial charge on any atom is 0.323 e. The van der Waals surface area contributed by atoms with Gasteiger partial charge in [-0.05, 0) is 94.0 Å². The molecule has 5 unspecified atom stereocenters. The summed E-state index contributed by atoms with van der Waals surface area (Å²) < 4.78 is 123. The number of hydrogen-bond acceptors (Lipinski definition) is 31. The Morgan fingerprint density at radius 3 is 1.81 bits per heavy atom. The number of fused-ring (bicyclic) bond motifs is 1. The topological polar surface area (TPSA) is 592 Å². The van der Waals surface area contributed by atoms with Crippen LogP contribution in [0.15, 0.2) is 53.8 Å². The molecule has 45 heteroatoms. The molecule has 6 rings (SSSR count). The molecule has 7 atom stereocenters. The first-order valence-electron chi connectivity index (χ1n) is 36.9. The summed E-state index contributed by atoms with van der Waals surface area (Å²) in [5, 5.41) is 69.9. The SMILES string of the molecule is CCN1CCN(CC(=O)O)CCN(CC(=O)O)CCN(CC(=O)N[C@H](CCC(=O)NCCOC2OC(CS(O)(O)O)C(O)C(S(O)(O)O)C2O)C(=O)NCCCOCCOCCOCCCNC(=O)CCCOc2cc(C)c(S(=O)(=O)N[C@@H](CNC(=O)c3ccc4c(cnn4CCCNc4ncc[nH]4)c3)C(=O)O)c(C)c2)CC1. The number of aliphatic carboxylic acids is 3. The van der Waals surface area contributed by atoms with E-state index < -0.39 is 134 Å². The van der Waals surface area contributed by atoms with E-state index in [2.05, 4.69) is 56.6 Å². The minimum atomic E-state index is -4.70. The molecule has 2 aromatic heterocycles. The highest BCUT2D eigenvalue weighted by Crippen LogP contribution is 2.49. The van der Waals surface area contributed by atoms with Gasteiger partial charge in [-0.2, -0.15) is 9.82 Å². The summed E-state index contributed by atoms with van der Waals surface area (Å²) in [6.07, 6.45) is -1.29. The maximum atomic E-state index is 13.9. The number of carboxylic acids is 3. The van der Waals surface area contributed by atoms with Crippen LogP contribution in [0.3, 0.4) is 0 Å². The lowest BCUT2D eigenvalue weighted by Gasteiger charge is -2.47. The number of aliphatic hydroxyl groups excluding tert-OH is 2. The van der Waals surface area contributed by atoms with E-state index in [1.165, 1.54) is 26.0 Å². The fourth-order valence-electron chi connectivity index (χ4n) is 12.3. The molecular formula is C68H111N15O27S3. The number of sulfonamides is 1. The van der Waals surface area contributed by atoms with Crippen LogP contribution in [0, 0.1) is 13.8 Å². The minimum Gasteiger partial charge on any atom is -0.494 e. The van der Waals surface area contributed by atoms with E-state index in [1.54, 1.807) is 51.3 Å². The number of aliphatic hydroxyl groups is 2. The number of anilines is 1. The third-order valence-electron chi connectivity index (χ3n) is 18.0. The summed E-state index contributed by atoms with van der Waals surface area (Å²) in [5.74, 6) is -6.34. The number of nitrogens with zero attached hydrogens (tertiary/aromatic N) is 7. The number of imidazole rings is 1. The zero-order valence-electron chi connectivity index (χ0n) is 63.5. The second-order valence-corrected chi connectivity index (χ2v) is 31.8. The molecular weight excluding hydrogens is 1560 g/mol. The van der Waals surface area contributed by atoms with E-state index in [4.69, 9.17) is 28.4 Å². The Hall–Kier alpha value is -7.59. The number of likely N-dealkylation sites (N-methyl/N-ethyl adjacent to an activating group) is 1. The molecule has 2 aliphatic rings. The Kier molecular flexibility index (Phi) is 40.1. The fraction of sp³-hybridized carbons (Fsp3) is 0.647. The summed E-state index contributed by atoms with van der Waals surface area (Å²) >= 11 is 0. The number of aromatic nitrogens is 4. The third-order valence-corrected chi connectivity index (χ3v) is 21.8. The van der Waals surface area contributed by atoms with Gasteiger partial charge in [0.25, 0.3) is 5.91 Å². The Morgan fingerprint density at radius 1 is 0.646 bits per heavy atom. The van der Waals surface area contributed by atoms with Gasteiger partial charge >= 0.3 is 17.9 Å². The molecule has 4 heterocycles. The number of amides is 5. The predicted octanol–water partition coefficient (Wildman–Crippen LogP) is -0.668. The van der Waals surface area contributed by atoms with Crippen LogP contribution in [-0.2, 0) is 73.8 Å². The van der Waals surface area contributed by atoms with Crippen molar-refractivity contribution >= 4 is 96.1 Å². The number of carbonyl (C=O) groups is 8. The van der Waals surface area contributed by atoms with E-state index in [0.717, 1.165) is 11.9 Å². The van der Waals surface area contributed by atoms with Gasteiger partial charge < -0.3 is 123 Å². The van der Waals surface area contributed by atoms with Crippen LogP contribution in [-0.4, -0.2) is 360 Å². The van der Waals surface area contributed by atoms with E-state index in [0.29, 0.717) is 95.3 Å². The molecule has 0 spiro atoms. The normalized spacial score (nSPS) is 18.9. The van der Waals surface area contributed by atoms with Gasteiger partial charge in [0.15, 0.2) is 12.2 Å². The fourth-order valence-corrected chi connectivity index (χ4v) is 15.7. The van der Waals surface area contributed by atoms with Gasteiger partial charge in [-0.15, -0.1) is 0 Å². The predicted molar refractivity (Wildman–Crippen MR) is 411 cm³/mol. The minimum absolute atomic E-state index is 0.0986. The van der Waals surface area contributed by atoms with Crippen LogP contribution in [0.4, 0.5) is 5.95 Å². The molecule has 2 saturated heterocycles. The smallest absolute Gasteiger partial charge is 0.323 e. The van der Waals surface area contributed by atoms with Gasteiger partial charge in [-0.1, -0.05) is 6.92 Å². The number of carbonyl (C=O) groups excluding carboxylic acids is 5. The monoisotopic (exact) mass is 1670 g/mol. The first-order chi connectivity index (χ1) is 53.7. The summed E-state index contributed by atoms with van der Waals surface area (Å²) in [7, 11) is -13.5. The van der Waals surface area contributed by atoms with E-state index in [9.17, 15) is 99.6 Å². The first kappa shape index (κ1) is 94.3. The number of rotatable bonds is 50. The molecule has 0 aliphatic carbocycles. The molecule has 2 aliphatic heterocycles. The largest absolute Gasteiger partial charge is 0.494 e. The van der Waals surface area contributed by atoms with Crippen molar-refractivity contribution in [2.45, 2.75) is 119 Å². The van der Waals surface area contributed by atoms with Crippen LogP contribution in [0.2, 0.25) is 0 Å². The van der Waals surface area contributed by atoms with Crippen molar-refractivity contribution in [3.8, 4) is 5.75 Å². The van der Waals surface area contributed by atoms with E-state index in [1.807, 2.05) is 11.8 Å². The molecule has 113 heavy (non-hydrogen) atoms. The Bertz CT molecular complexity index is 3740. The van der Waals surface area contributed by atoms with Gasteiger partial charge in [0.1, 0.15) is 41.4 Å². The number of aryl methyl sites for hydroxylation is 3. The number of benzene rings is 2. The zero-order chi connectivity index (χ0) is 82.7. The lowest BCUT2D eigenvalue weighted by molar-refractivity contribution is -0.258. The summed E-state index contributed by atoms with van der Waals surface area (Å²) in [5.41, 5.74) is 1.57. The summed E-state index contributed by atoms with van der Waals surface area (Å²) in [6, 6.07) is 4.95. The number of H-pyrrole nitrogens is 1. The highest BCUT2D eigenvalue weighted by molar-refractivity contribution is 8.20. The molecule has 0 radical (unpaired) electrons. The molecule has 0 saturated carbocycles. The molecule has 42 nitrogen and oxygen atoms in total. The van der Waals surface area contributed by atoms with Gasteiger partial charge in [-0.25, -0.2) is 13.4 Å². The second kappa shape index (κ2) is 48.1. The molecule has 2 aromatic carbocycles. The molecule has 5 amide bonds. The number of hydrogen-bond donors (Lipinski definition) is 19. The Balaban J connectivity index is 0.853. The number of ether oxygens (including phenoxy) is 6. The number of carboxylic acid groups (broad SMARTS) is 3. The molecule has 2 fully saturated rings. The molecule has 19 N–H and O–H groups in total. The Morgan fingerprint density at radius 2 is 1.23 bits per heavy atom. The van der Waals surface area contributed by atoms with E-state index in [-0.39, 0.29) is 145 Å².